The van der Waals surface area contributed by atoms with Gasteiger partial charge in [0.25, 0.3) is 5.91 Å². The Kier molecular flexibility index (Phi) is 8.87. The molecule has 0 bridgehead atoms. The number of anilines is 1. The third-order valence-electron chi connectivity index (χ3n) is 4.31. The van der Waals surface area contributed by atoms with Crippen LogP contribution in [0.3, 0.4) is 0 Å². The number of likely N-dealkylation sites (tertiary alicyclic amines) is 1. The van der Waals surface area contributed by atoms with Crippen molar-refractivity contribution in [2.24, 2.45) is 0 Å². The Hall–Kier alpha value is -2.48. The molecule has 0 saturated carbocycles. The molecule has 8 heteroatoms. The van der Waals surface area contributed by atoms with Crippen LogP contribution in [0.4, 0.5) is 5.69 Å². The van der Waals surface area contributed by atoms with E-state index >= 15 is 0 Å². The van der Waals surface area contributed by atoms with Crippen molar-refractivity contribution in [1.29, 1.82) is 0 Å². The number of hydrogen-bond donors (Lipinski definition) is 2. The molecule has 1 aromatic carbocycles. The molecule has 7 nitrogen and oxygen atoms in total. The molecule has 0 radical (unpaired) electrons. The van der Waals surface area contributed by atoms with Crippen LogP contribution in [0.15, 0.2) is 24.3 Å². The Morgan fingerprint density at radius 3 is 2.39 bits per heavy atom. The van der Waals surface area contributed by atoms with Crippen LogP contribution in [-0.2, 0) is 14.3 Å². The van der Waals surface area contributed by atoms with Crippen LogP contribution in [0.25, 0.3) is 0 Å². The number of piperidine rings is 1. The number of hydrogen-bond acceptors (Lipinski definition) is 5. The summed E-state index contributed by atoms with van der Waals surface area (Å²) in [5.74, 6) is -0.718. The van der Waals surface area contributed by atoms with E-state index in [4.69, 9.17) is 17.0 Å². The fraction of sp³-hybridized carbons (Fsp3) is 0.500. The third-order valence-corrected chi connectivity index (χ3v) is 4.51. The zero-order valence-electron chi connectivity index (χ0n) is 16.2. The molecule has 1 aromatic rings. The quantitative estimate of drug-likeness (QED) is 0.536. The average Bonchev–Trinajstić information content (AvgIpc) is 2.71. The van der Waals surface area contributed by atoms with Crippen LogP contribution in [0.5, 0.6) is 0 Å². The van der Waals surface area contributed by atoms with E-state index in [1.807, 2.05) is 11.8 Å². The van der Waals surface area contributed by atoms with Crippen LogP contribution in [0, 0.1) is 0 Å². The first-order valence-electron chi connectivity index (χ1n) is 9.65. The van der Waals surface area contributed by atoms with Crippen molar-refractivity contribution in [2.45, 2.75) is 45.4 Å². The van der Waals surface area contributed by atoms with Gasteiger partial charge in [0.1, 0.15) is 0 Å². The molecule has 28 heavy (non-hydrogen) atoms. The molecule has 0 aromatic heterocycles. The zero-order valence-corrected chi connectivity index (χ0v) is 17.0. The van der Waals surface area contributed by atoms with Crippen molar-refractivity contribution in [3.05, 3.63) is 29.8 Å². The second-order valence-electron chi connectivity index (χ2n) is 6.65. The topological polar surface area (TPSA) is 87.7 Å². The minimum Gasteiger partial charge on any atom is -0.466 e. The van der Waals surface area contributed by atoms with Gasteiger partial charge in [-0.05, 0) is 62.2 Å². The zero-order chi connectivity index (χ0) is 20.4. The molecular formula is C20H27N3O4S. The van der Waals surface area contributed by atoms with Crippen LogP contribution < -0.4 is 10.6 Å². The number of nitrogens with zero attached hydrogens (tertiary/aromatic N) is 1. The van der Waals surface area contributed by atoms with Gasteiger partial charge < -0.3 is 20.3 Å². The number of ether oxygens (including phenoxy) is 1. The Labute approximate surface area is 170 Å². The summed E-state index contributed by atoms with van der Waals surface area (Å²) in [6.45, 7) is 3.87. The van der Waals surface area contributed by atoms with Crippen molar-refractivity contribution in [3.63, 3.8) is 0 Å². The number of amides is 2. The molecule has 2 rings (SSSR count). The smallest absolute Gasteiger partial charge is 0.306 e. The number of rotatable bonds is 7. The van der Waals surface area contributed by atoms with E-state index < -0.39 is 5.97 Å². The molecular weight excluding hydrogens is 378 g/mol. The molecule has 1 aliphatic heterocycles. The summed E-state index contributed by atoms with van der Waals surface area (Å²) in [4.78, 5) is 37.6. The van der Waals surface area contributed by atoms with Gasteiger partial charge >= 0.3 is 5.97 Å². The van der Waals surface area contributed by atoms with Crippen molar-refractivity contribution in [1.82, 2.24) is 10.2 Å². The Balaban J connectivity index is 1.76. The maximum atomic E-state index is 12.5. The number of benzene rings is 1. The molecule has 0 unspecified atom stereocenters. The molecule has 1 fully saturated rings. The summed E-state index contributed by atoms with van der Waals surface area (Å²) < 4.78 is 4.92. The predicted molar refractivity (Wildman–Crippen MR) is 111 cm³/mol. The maximum absolute atomic E-state index is 12.5. The minimum absolute atomic E-state index is 0.00758. The number of carbonyl (C=O) groups is 3. The molecule has 1 saturated heterocycles. The Morgan fingerprint density at radius 1 is 1.07 bits per heavy atom. The van der Waals surface area contributed by atoms with Gasteiger partial charge in [0.15, 0.2) is 5.11 Å². The first kappa shape index (κ1) is 21.8. The molecule has 1 aliphatic rings. The van der Waals surface area contributed by atoms with E-state index in [1.165, 1.54) is 6.42 Å². The number of thiocarbonyl (C=S) groups is 1. The highest BCUT2D eigenvalue weighted by Crippen LogP contribution is 2.15. The molecule has 2 amide bonds. The van der Waals surface area contributed by atoms with Crippen molar-refractivity contribution in [3.8, 4) is 0 Å². The lowest BCUT2D eigenvalue weighted by Crippen LogP contribution is -2.35. The number of carbonyl (C=O) groups excluding carboxylic acids is 3. The second-order valence-corrected chi connectivity index (χ2v) is 7.06. The first-order chi connectivity index (χ1) is 13.5. The van der Waals surface area contributed by atoms with E-state index in [0.29, 0.717) is 17.9 Å². The van der Waals surface area contributed by atoms with Gasteiger partial charge in [0.2, 0.25) is 5.91 Å². The largest absolute Gasteiger partial charge is 0.466 e. The highest BCUT2D eigenvalue weighted by atomic mass is 32.1. The van der Waals surface area contributed by atoms with Crippen LogP contribution >= 0.6 is 12.2 Å². The second kappa shape index (κ2) is 11.4. The highest BCUT2D eigenvalue weighted by Gasteiger charge is 2.18. The normalized spacial score (nSPS) is 13.5. The van der Waals surface area contributed by atoms with Gasteiger partial charge in [-0.1, -0.05) is 6.92 Å². The molecule has 2 N–H and O–H groups in total. The highest BCUT2D eigenvalue weighted by molar-refractivity contribution is 7.80. The molecule has 0 aliphatic carbocycles. The van der Waals surface area contributed by atoms with E-state index in [1.54, 1.807) is 24.3 Å². The van der Waals surface area contributed by atoms with E-state index in [2.05, 4.69) is 10.6 Å². The van der Waals surface area contributed by atoms with Gasteiger partial charge in [0.05, 0.1) is 13.0 Å². The summed E-state index contributed by atoms with van der Waals surface area (Å²) in [6, 6.07) is 6.98. The van der Waals surface area contributed by atoms with E-state index in [9.17, 15) is 14.4 Å². The maximum Gasteiger partial charge on any atom is 0.306 e. The lowest BCUT2D eigenvalue weighted by Gasteiger charge is -2.26. The van der Waals surface area contributed by atoms with Gasteiger partial charge in [-0.2, -0.15) is 0 Å². The van der Waals surface area contributed by atoms with Gasteiger partial charge in [-0.3, -0.25) is 14.4 Å². The van der Waals surface area contributed by atoms with Crippen LogP contribution in [0.1, 0.15) is 55.8 Å². The lowest BCUT2D eigenvalue weighted by molar-refractivity contribution is -0.144. The monoisotopic (exact) mass is 405 g/mol. The molecule has 0 atom stereocenters. The standard InChI is InChI=1S/C20H27N3O4S/c1-2-14-27-18(25)11-10-17(24)22-20(28)21-16-8-6-15(7-9-16)19(26)23-12-4-3-5-13-23/h6-9H,2-5,10-14H2,1H3,(H2,21,22,24,28). The number of nitrogens with one attached hydrogen (secondary N) is 2. The van der Waals surface area contributed by atoms with E-state index in [-0.39, 0.29) is 29.8 Å². The summed E-state index contributed by atoms with van der Waals surface area (Å²) in [7, 11) is 0. The molecule has 152 valence electrons. The van der Waals surface area contributed by atoms with E-state index in [0.717, 1.165) is 32.4 Å². The van der Waals surface area contributed by atoms with Crippen molar-refractivity contribution in [2.75, 3.05) is 25.0 Å². The van der Waals surface area contributed by atoms with Gasteiger partial charge in [-0.15, -0.1) is 0 Å². The van der Waals surface area contributed by atoms with Crippen molar-refractivity contribution >= 4 is 40.8 Å². The fourth-order valence-corrected chi connectivity index (χ4v) is 3.06. The summed E-state index contributed by atoms with van der Waals surface area (Å²) in [5, 5.41) is 5.57. The first-order valence-corrected chi connectivity index (χ1v) is 10.1. The molecule has 0 spiro atoms. The summed E-state index contributed by atoms with van der Waals surface area (Å²) in [6.07, 6.45) is 4.05. The van der Waals surface area contributed by atoms with Crippen LogP contribution in [0.2, 0.25) is 0 Å². The van der Waals surface area contributed by atoms with Crippen LogP contribution in [-0.4, -0.2) is 47.5 Å². The predicted octanol–water partition coefficient (Wildman–Crippen LogP) is 2.86. The van der Waals surface area contributed by atoms with Crippen molar-refractivity contribution < 1.29 is 19.1 Å². The number of esters is 1. The average molecular weight is 406 g/mol. The lowest BCUT2D eigenvalue weighted by atomic mass is 10.1. The summed E-state index contributed by atoms with van der Waals surface area (Å²) in [5.41, 5.74) is 1.30. The molecule has 1 heterocycles. The Morgan fingerprint density at radius 2 is 1.75 bits per heavy atom. The SMILES string of the molecule is CCCOC(=O)CCC(=O)NC(=S)Nc1ccc(C(=O)N2CCCCC2)cc1. The minimum atomic E-state index is -0.398. The third kappa shape index (κ3) is 7.26. The summed E-state index contributed by atoms with van der Waals surface area (Å²) >= 11 is 5.11. The Bertz CT molecular complexity index is 700. The van der Waals surface area contributed by atoms with Gasteiger partial charge in [0, 0.05) is 30.8 Å². The fourth-order valence-electron chi connectivity index (χ4n) is 2.83. The van der Waals surface area contributed by atoms with Gasteiger partial charge in [-0.25, -0.2) is 0 Å².